The molecule has 0 unspecified atom stereocenters. The van der Waals surface area contributed by atoms with Crippen molar-refractivity contribution in [3.05, 3.63) is 30.1 Å². The number of nitrogens with one attached hydrogen (secondary N) is 2. The lowest BCUT2D eigenvalue weighted by molar-refractivity contribution is -0.134. The zero-order chi connectivity index (χ0) is 14.9. The Morgan fingerprint density at radius 2 is 2.05 bits per heavy atom. The molecule has 21 heavy (non-hydrogen) atoms. The molecule has 0 atom stereocenters. The van der Waals surface area contributed by atoms with E-state index in [1.807, 2.05) is 0 Å². The van der Waals surface area contributed by atoms with Gasteiger partial charge in [0.2, 0.25) is 0 Å². The van der Waals surface area contributed by atoms with Gasteiger partial charge in [-0.1, -0.05) is 19.3 Å². The second-order valence-electron chi connectivity index (χ2n) is 5.40. The molecular weight excluding hydrogens is 272 g/mol. The Bertz CT molecular complexity index is 581. The van der Waals surface area contributed by atoms with Gasteiger partial charge in [0.05, 0.1) is 5.56 Å². The molecule has 1 aliphatic heterocycles. The predicted molar refractivity (Wildman–Crippen MR) is 72.9 cm³/mol. The summed E-state index contributed by atoms with van der Waals surface area (Å²) < 4.78 is 0. The van der Waals surface area contributed by atoms with E-state index in [1.165, 1.54) is 6.20 Å². The molecule has 1 spiro atoms. The number of carbonyl (C=O) groups is 3. The maximum absolute atomic E-state index is 12.5. The quantitative estimate of drug-likeness (QED) is 0.794. The number of urea groups is 1. The van der Waals surface area contributed by atoms with Gasteiger partial charge in [-0.05, 0) is 25.0 Å². The van der Waals surface area contributed by atoms with Crippen molar-refractivity contribution in [1.82, 2.24) is 20.7 Å². The van der Waals surface area contributed by atoms with Crippen LogP contribution in [0, 0.1) is 0 Å². The van der Waals surface area contributed by atoms with Crippen molar-refractivity contribution in [1.29, 1.82) is 0 Å². The van der Waals surface area contributed by atoms with Gasteiger partial charge in [0, 0.05) is 12.4 Å². The van der Waals surface area contributed by atoms with E-state index in [1.54, 1.807) is 18.3 Å². The fourth-order valence-corrected chi connectivity index (χ4v) is 2.88. The zero-order valence-electron chi connectivity index (χ0n) is 11.5. The van der Waals surface area contributed by atoms with Gasteiger partial charge in [0.15, 0.2) is 0 Å². The van der Waals surface area contributed by atoms with Crippen molar-refractivity contribution in [3.8, 4) is 0 Å². The molecule has 1 saturated heterocycles. The minimum atomic E-state index is -0.836. The van der Waals surface area contributed by atoms with Gasteiger partial charge in [-0.3, -0.25) is 20.0 Å². The van der Waals surface area contributed by atoms with Crippen molar-refractivity contribution in [3.63, 3.8) is 0 Å². The summed E-state index contributed by atoms with van der Waals surface area (Å²) in [6.45, 7) is 0. The summed E-state index contributed by atoms with van der Waals surface area (Å²) in [7, 11) is 0. The molecule has 2 aliphatic rings. The van der Waals surface area contributed by atoms with Gasteiger partial charge in [-0.2, -0.15) is 5.01 Å². The third-order valence-corrected chi connectivity index (χ3v) is 4.01. The van der Waals surface area contributed by atoms with Gasteiger partial charge in [0.1, 0.15) is 5.54 Å². The van der Waals surface area contributed by atoms with Crippen LogP contribution in [0.15, 0.2) is 24.5 Å². The lowest BCUT2D eigenvalue weighted by Gasteiger charge is -2.30. The summed E-state index contributed by atoms with van der Waals surface area (Å²) in [6.07, 6.45) is 7.03. The highest BCUT2D eigenvalue weighted by Crippen LogP contribution is 2.32. The van der Waals surface area contributed by atoms with Crippen molar-refractivity contribution < 1.29 is 14.4 Å². The molecule has 0 aromatic carbocycles. The van der Waals surface area contributed by atoms with E-state index in [9.17, 15) is 14.4 Å². The molecule has 4 amide bonds. The first-order valence-electron chi connectivity index (χ1n) is 7.00. The maximum Gasteiger partial charge on any atom is 0.344 e. The zero-order valence-corrected chi connectivity index (χ0v) is 11.5. The molecule has 110 valence electrons. The van der Waals surface area contributed by atoms with Crippen molar-refractivity contribution in [2.45, 2.75) is 37.6 Å². The van der Waals surface area contributed by atoms with Crippen LogP contribution in [0.5, 0.6) is 0 Å². The summed E-state index contributed by atoms with van der Waals surface area (Å²) in [5, 5.41) is 3.53. The van der Waals surface area contributed by atoms with Crippen LogP contribution in [0.4, 0.5) is 4.79 Å². The lowest BCUT2D eigenvalue weighted by Crippen LogP contribution is -2.50. The number of carbonyl (C=O) groups excluding carboxylic acids is 3. The third kappa shape index (κ3) is 2.35. The van der Waals surface area contributed by atoms with Crippen LogP contribution in [-0.4, -0.2) is 33.4 Å². The van der Waals surface area contributed by atoms with E-state index in [0.717, 1.165) is 24.3 Å². The fraction of sp³-hybridized carbons (Fsp3) is 0.429. The molecular formula is C14H16N4O3. The highest BCUT2D eigenvalue weighted by atomic mass is 16.2. The normalized spacial score (nSPS) is 20.5. The maximum atomic E-state index is 12.5. The average Bonchev–Trinajstić information content (AvgIpc) is 2.73. The first-order valence-corrected chi connectivity index (χ1v) is 7.00. The van der Waals surface area contributed by atoms with Gasteiger partial charge >= 0.3 is 6.03 Å². The molecule has 7 heteroatoms. The predicted octanol–water partition coefficient (Wildman–Crippen LogP) is 0.981. The number of hydrogen-bond donors (Lipinski definition) is 2. The highest BCUT2D eigenvalue weighted by Gasteiger charge is 2.52. The standard InChI is InChI=1S/C14H16N4O3/c19-11(10-5-4-8-15-9-10)17-18-12(20)14(16-13(18)21)6-2-1-3-7-14/h4-5,8-9H,1-3,6-7H2,(H,16,21)(H,17,19). The monoisotopic (exact) mass is 288 g/mol. The van der Waals surface area contributed by atoms with Crippen LogP contribution in [-0.2, 0) is 4.79 Å². The van der Waals surface area contributed by atoms with E-state index in [4.69, 9.17) is 0 Å². The highest BCUT2D eigenvalue weighted by molar-refractivity contribution is 6.09. The van der Waals surface area contributed by atoms with Crippen LogP contribution in [0.25, 0.3) is 0 Å². The summed E-state index contributed by atoms with van der Waals surface area (Å²) in [4.78, 5) is 40.3. The smallest absolute Gasteiger partial charge is 0.322 e. The molecule has 0 radical (unpaired) electrons. The molecule has 1 saturated carbocycles. The Balaban J connectivity index is 1.75. The first kappa shape index (κ1) is 13.5. The van der Waals surface area contributed by atoms with E-state index in [-0.39, 0.29) is 5.91 Å². The SMILES string of the molecule is O=C(NN1C(=O)NC2(CCCCC2)C1=O)c1cccnc1. The molecule has 1 aromatic heterocycles. The average molecular weight is 288 g/mol. The van der Waals surface area contributed by atoms with Crippen molar-refractivity contribution >= 4 is 17.8 Å². The molecule has 2 heterocycles. The number of aromatic nitrogens is 1. The number of hydrazine groups is 1. The Kier molecular flexibility index (Phi) is 3.32. The molecule has 3 rings (SSSR count). The number of nitrogens with zero attached hydrogens (tertiary/aromatic N) is 2. The second-order valence-corrected chi connectivity index (χ2v) is 5.40. The molecule has 1 aromatic rings. The van der Waals surface area contributed by atoms with E-state index >= 15 is 0 Å². The molecule has 1 aliphatic carbocycles. The molecule has 2 N–H and O–H groups in total. The Hall–Kier alpha value is -2.44. The van der Waals surface area contributed by atoms with Crippen molar-refractivity contribution in [2.75, 3.05) is 0 Å². The van der Waals surface area contributed by atoms with Gasteiger partial charge < -0.3 is 5.32 Å². The van der Waals surface area contributed by atoms with Crippen molar-refractivity contribution in [2.24, 2.45) is 0 Å². The number of pyridine rings is 1. The van der Waals surface area contributed by atoms with Crippen LogP contribution in [0.2, 0.25) is 0 Å². The Morgan fingerprint density at radius 1 is 1.29 bits per heavy atom. The Morgan fingerprint density at radius 3 is 2.71 bits per heavy atom. The minimum Gasteiger partial charge on any atom is -0.322 e. The summed E-state index contributed by atoms with van der Waals surface area (Å²) in [5.41, 5.74) is 1.82. The van der Waals surface area contributed by atoms with E-state index < -0.39 is 17.5 Å². The minimum absolute atomic E-state index is 0.294. The molecule has 0 bridgehead atoms. The lowest BCUT2D eigenvalue weighted by atomic mass is 9.82. The molecule has 7 nitrogen and oxygen atoms in total. The third-order valence-electron chi connectivity index (χ3n) is 4.01. The van der Waals surface area contributed by atoms with Gasteiger partial charge in [-0.25, -0.2) is 4.79 Å². The summed E-state index contributed by atoms with van der Waals surface area (Å²) in [5.74, 6) is -0.899. The van der Waals surface area contributed by atoms with Gasteiger partial charge in [0.25, 0.3) is 11.8 Å². The Labute approximate surface area is 121 Å². The van der Waals surface area contributed by atoms with Crippen LogP contribution >= 0.6 is 0 Å². The number of hydrogen-bond acceptors (Lipinski definition) is 4. The number of amides is 4. The van der Waals surface area contributed by atoms with Gasteiger partial charge in [-0.15, -0.1) is 0 Å². The topological polar surface area (TPSA) is 91.4 Å². The molecule has 2 fully saturated rings. The fourth-order valence-electron chi connectivity index (χ4n) is 2.88. The van der Waals surface area contributed by atoms with E-state index in [0.29, 0.717) is 18.4 Å². The van der Waals surface area contributed by atoms with Crippen LogP contribution in [0.1, 0.15) is 42.5 Å². The largest absolute Gasteiger partial charge is 0.344 e. The summed E-state index contributed by atoms with van der Waals surface area (Å²) in [6, 6.07) is 2.61. The summed E-state index contributed by atoms with van der Waals surface area (Å²) >= 11 is 0. The number of imide groups is 1. The number of rotatable bonds is 2. The first-order chi connectivity index (χ1) is 10.1. The van der Waals surface area contributed by atoms with Crippen LogP contribution < -0.4 is 10.7 Å². The van der Waals surface area contributed by atoms with E-state index in [2.05, 4.69) is 15.7 Å². The van der Waals surface area contributed by atoms with Crippen LogP contribution in [0.3, 0.4) is 0 Å². The second kappa shape index (κ2) is 5.16.